The minimum absolute atomic E-state index is 0.201. The second-order valence-corrected chi connectivity index (χ2v) is 6.16. The van der Waals surface area contributed by atoms with Crippen molar-refractivity contribution in [3.63, 3.8) is 0 Å². The minimum atomic E-state index is -0.201. The van der Waals surface area contributed by atoms with Crippen LogP contribution in [0.5, 0.6) is 0 Å². The fourth-order valence-electron chi connectivity index (χ4n) is 1.84. The first-order valence-electron chi connectivity index (χ1n) is 5.99. The molecule has 0 fully saturated rings. The van der Waals surface area contributed by atoms with E-state index >= 15 is 0 Å². The molecule has 1 atom stereocenters. The summed E-state index contributed by atoms with van der Waals surface area (Å²) in [6, 6.07) is 12.9. The average Bonchev–Trinajstić information content (AvgIpc) is 2.37. The number of benzene rings is 2. The Morgan fingerprint density at radius 2 is 1.79 bits per heavy atom. The molecule has 0 aromatic heterocycles. The maximum absolute atomic E-state index is 12.8. The lowest BCUT2D eigenvalue weighted by Gasteiger charge is -2.16. The summed E-state index contributed by atoms with van der Waals surface area (Å²) in [5.41, 5.74) is 2.27. The molecule has 0 aliphatic rings. The largest absolute Gasteiger partial charge is 0.306 e. The zero-order chi connectivity index (χ0) is 13.8. The van der Waals surface area contributed by atoms with Crippen LogP contribution in [0.3, 0.4) is 0 Å². The summed E-state index contributed by atoms with van der Waals surface area (Å²) in [5, 5.41) is 3.43. The molecule has 1 nitrogen and oxygen atoms in total. The van der Waals surface area contributed by atoms with Crippen molar-refractivity contribution in [2.24, 2.45) is 0 Å². The molecule has 0 aliphatic carbocycles. The molecule has 0 bridgehead atoms. The van der Waals surface area contributed by atoms with Crippen LogP contribution < -0.4 is 5.32 Å². The summed E-state index contributed by atoms with van der Waals surface area (Å²) in [7, 11) is 0. The van der Waals surface area contributed by atoms with Crippen LogP contribution in [0, 0.1) is 5.82 Å². The highest BCUT2D eigenvalue weighted by Gasteiger charge is 2.09. The zero-order valence-electron chi connectivity index (χ0n) is 10.5. The van der Waals surface area contributed by atoms with Gasteiger partial charge in [0.2, 0.25) is 0 Å². The van der Waals surface area contributed by atoms with Gasteiger partial charge in [-0.1, -0.05) is 50.1 Å². The molecule has 1 unspecified atom stereocenters. The van der Waals surface area contributed by atoms with Gasteiger partial charge in [0.05, 0.1) is 0 Å². The van der Waals surface area contributed by atoms with Gasteiger partial charge in [0, 0.05) is 21.5 Å². The molecule has 0 radical (unpaired) electrons. The fourth-order valence-corrected chi connectivity index (χ4v) is 3.23. The number of rotatable bonds is 4. The third-order valence-corrected chi connectivity index (χ3v) is 4.13. The van der Waals surface area contributed by atoms with Gasteiger partial charge >= 0.3 is 0 Å². The molecule has 19 heavy (non-hydrogen) atoms. The van der Waals surface area contributed by atoms with Gasteiger partial charge in [0.1, 0.15) is 5.82 Å². The highest BCUT2D eigenvalue weighted by molar-refractivity contribution is 9.11. The van der Waals surface area contributed by atoms with E-state index in [1.54, 1.807) is 12.1 Å². The zero-order valence-corrected chi connectivity index (χ0v) is 13.6. The van der Waals surface area contributed by atoms with Gasteiger partial charge in [0.25, 0.3) is 0 Å². The van der Waals surface area contributed by atoms with Crippen LogP contribution in [0.25, 0.3) is 0 Å². The van der Waals surface area contributed by atoms with Crippen LogP contribution in [0.4, 0.5) is 4.39 Å². The monoisotopic (exact) mass is 385 g/mol. The molecular weight excluding hydrogens is 373 g/mol. The summed E-state index contributed by atoms with van der Waals surface area (Å²) in [4.78, 5) is 0. The van der Waals surface area contributed by atoms with Gasteiger partial charge in [-0.05, 0) is 42.3 Å². The van der Waals surface area contributed by atoms with E-state index in [-0.39, 0.29) is 11.9 Å². The molecule has 100 valence electrons. The van der Waals surface area contributed by atoms with Gasteiger partial charge in [-0.25, -0.2) is 4.39 Å². The molecule has 0 saturated heterocycles. The molecule has 0 spiro atoms. The van der Waals surface area contributed by atoms with Crippen molar-refractivity contribution < 1.29 is 4.39 Å². The van der Waals surface area contributed by atoms with E-state index in [0.717, 1.165) is 14.5 Å². The highest BCUT2D eigenvalue weighted by Crippen LogP contribution is 2.26. The summed E-state index contributed by atoms with van der Waals surface area (Å²) in [6.45, 7) is 2.82. The Kier molecular flexibility index (Phi) is 5.13. The highest BCUT2D eigenvalue weighted by atomic mass is 79.9. The van der Waals surface area contributed by atoms with Crippen molar-refractivity contribution in [3.8, 4) is 0 Å². The number of hydrogen-bond acceptors (Lipinski definition) is 1. The van der Waals surface area contributed by atoms with Crippen LogP contribution in [0.2, 0.25) is 0 Å². The van der Waals surface area contributed by atoms with E-state index in [1.807, 2.05) is 12.1 Å². The molecule has 4 heteroatoms. The summed E-state index contributed by atoms with van der Waals surface area (Å²) in [6.07, 6.45) is 0. The van der Waals surface area contributed by atoms with Crippen molar-refractivity contribution in [1.82, 2.24) is 5.32 Å². The number of nitrogens with one attached hydrogen (secondary N) is 1. The van der Waals surface area contributed by atoms with Crippen molar-refractivity contribution in [2.45, 2.75) is 19.5 Å². The molecule has 0 heterocycles. The molecular formula is C15H14Br2FN. The number of halogens is 3. The lowest BCUT2D eigenvalue weighted by molar-refractivity contribution is 0.571. The first-order chi connectivity index (χ1) is 9.06. The molecule has 0 aliphatic heterocycles. The van der Waals surface area contributed by atoms with E-state index in [2.05, 4.69) is 50.2 Å². The van der Waals surface area contributed by atoms with Gasteiger partial charge in [-0.15, -0.1) is 0 Å². The fraction of sp³-hybridized carbons (Fsp3) is 0.200. The predicted octanol–water partition coefficient (Wildman–Crippen LogP) is 5.20. The third-order valence-electron chi connectivity index (χ3n) is 2.95. The summed E-state index contributed by atoms with van der Waals surface area (Å²) >= 11 is 7.01. The Bertz CT molecular complexity index is 555. The van der Waals surface area contributed by atoms with Crippen LogP contribution in [0.15, 0.2) is 51.4 Å². The molecule has 1 N–H and O–H groups in total. The maximum Gasteiger partial charge on any atom is 0.123 e. The lowest BCUT2D eigenvalue weighted by Crippen LogP contribution is -2.18. The molecule has 2 aromatic rings. The first kappa shape index (κ1) is 14.7. The second-order valence-electron chi connectivity index (χ2n) is 4.39. The van der Waals surface area contributed by atoms with E-state index in [4.69, 9.17) is 0 Å². The Morgan fingerprint density at radius 3 is 2.42 bits per heavy atom. The van der Waals surface area contributed by atoms with Crippen molar-refractivity contribution in [1.29, 1.82) is 0 Å². The molecule has 2 aromatic carbocycles. The Balaban J connectivity index is 2.01. The quantitative estimate of drug-likeness (QED) is 0.761. The van der Waals surface area contributed by atoms with Crippen LogP contribution in [-0.2, 0) is 6.54 Å². The maximum atomic E-state index is 12.8. The third kappa shape index (κ3) is 4.13. The van der Waals surface area contributed by atoms with Gasteiger partial charge in [-0.3, -0.25) is 0 Å². The Labute approximate surface area is 129 Å². The van der Waals surface area contributed by atoms with Crippen molar-refractivity contribution in [2.75, 3.05) is 0 Å². The second kappa shape index (κ2) is 6.64. The van der Waals surface area contributed by atoms with E-state index in [9.17, 15) is 4.39 Å². The molecule has 0 saturated carbocycles. The van der Waals surface area contributed by atoms with Crippen LogP contribution in [0.1, 0.15) is 24.1 Å². The van der Waals surface area contributed by atoms with E-state index in [1.165, 1.54) is 17.7 Å². The first-order valence-corrected chi connectivity index (χ1v) is 7.57. The van der Waals surface area contributed by atoms with Gasteiger partial charge in [-0.2, -0.15) is 0 Å². The topological polar surface area (TPSA) is 12.0 Å². The Hall–Kier alpha value is -0.710. The average molecular weight is 387 g/mol. The van der Waals surface area contributed by atoms with E-state index in [0.29, 0.717) is 6.54 Å². The Morgan fingerprint density at radius 1 is 1.11 bits per heavy atom. The van der Waals surface area contributed by atoms with Crippen LogP contribution in [-0.4, -0.2) is 0 Å². The van der Waals surface area contributed by atoms with E-state index < -0.39 is 0 Å². The van der Waals surface area contributed by atoms with Crippen LogP contribution >= 0.6 is 31.9 Å². The SMILES string of the molecule is CC(NCc1ccc(F)cc1)c1ccc(Br)cc1Br. The molecule has 2 rings (SSSR count). The van der Waals surface area contributed by atoms with Gasteiger partial charge in [0.15, 0.2) is 0 Å². The molecule has 0 amide bonds. The lowest BCUT2D eigenvalue weighted by atomic mass is 10.1. The summed E-state index contributed by atoms with van der Waals surface area (Å²) < 4.78 is 14.9. The smallest absolute Gasteiger partial charge is 0.123 e. The standard InChI is InChI=1S/C15H14Br2FN/c1-10(14-7-4-12(16)8-15(14)17)19-9-11-2-5-13(18)6-3-11/h2-8,10,19H,9H2,1H3. The summed E-state index contributed by atoms with van der Waals surface area (Å²) in [5.74, 6) is -0.201. The minimum Gasteiger partial charge on any atom is -0.306 e. The van der Waals surface area contributed by atoms with Crippen molar-refractivity contribution >= 4 is 31.9 Å². The normalized spacial score (nSPS) is 12.4. The number of hydrogen-bond donors (Lipinski definition) is 1. The van der Waals surface area contributed by atoms with Gasteiger partial charge < -0.3 is 5.32 Å². The predicted molar refractivity (Wildman–Crippen MR) is 83.5 cm³/mol. The van der Waals surface area contributed by atoms with Crippen molar-refractivity contribution in [3.05, 3.63) is 68.4 Å².